The molecule has 33 heavy (non-hydrogen) atoms. The third kappa shape index (κ3) is 7.08. The number of hydrogen-bond acceptors (Lipinski definition) is 6. The molecule has 3 rings (SSSR count). The number of rotatable bonds is 10. The van der Waals surface area contributed by atoms with Crippen LogP contribution in [0.2, 0.25) is 0 Å². The Labute approximate surface area is 193 Å². The second-order valence-corrected chi connectivity index (χ2v) is 10.0. The van der Waals surface area contributed by atoms with Gasteiger partial charge in [-0.25, -0.2) is 13.1 Å². The predicted octanol–water partition coefficient (Wildman–Crippen LogP) is 2.50. The fourth-order valence-electron chi connectivity index (χ4n) is 3.99. The third-order valence-electron chi connectivity index (χ3n) is 5.77. The molecule has 1 heterocycles. The van der Waals surface area contributed by atoms with E-state index in [4.69, 9.17) is 0 Å². The topological polar surface area (TPSA) is 130 Å². The van der Waals surface area contributed by atoms with Crippen molar-refractivity contribution in [2.75, 3.05) is 19.6 Å². The highest BCUT2D eigenvalue weighted by Crippen LogP contribution is 2.21. The van der Waals surface area contributed by atoms with Crippen molar-refractivity contribution in [3.05, 3.63) is 70.3 Å². The van der Waals surface area contributed by atoms with Crippen molar-refractivity contribution in [1.29, 1.82) is 0 Å². The number of piperidine rings is 1. The number of carbonyl (C=O) groups is 1. The molecule has 2 atom stereocenters. The Morgan fingerprint density at radius 1 is 1.06 bits per heavy atom. The summed E-state index contributed by atoms with van der Waals surface area (Å²) in [6, 6.07) is 14.1. The molecular weight excluding hydrogens is 446 g/mol. The minimum absolute atomic E-state index is 0.0178. The molecule has 0 unspecified atom stereocenters. The lowest BCUT2D eigenvalue weighted by atomic mass is 9.91. The molecule has 0 bridgehead atoms. The van der Waals surface area contributed by atoms with Gasteiger partial charge in [0, 0.05) is 37.7 Å². The van der Waals surface area contributed by atoms with Gasteiger partial charge in [0.1, 0.15) is 0 Å². The van der Waals surface area contributed by atoms with E-state index in [1.54, 1.807) is 0 Å². The van der Waals surface area contributed by atoms with E-state index in [9.17, 15) is 28.4 Å². The summed E-state index contributed by atoms with van der Waals surface area (Å²) in [5, 5.41) is 21.3. The fourth-order valence-corrected chi connectivity index (χ4v) is 5.06. The highest BCUT2D eigenvalue weighted by molar-refractivity contribution is 7.89. The maximum atomic E-state index is 13.2. The van der Waals surface area contributed by atoms with Crippen LogP contribution in [0.5, 0.6) is 0 Å². The van der Waals surface area contributed by atoms with Gasteiger partial charge in [-0.3, -0.25) is 14.9 Å². The SMILES string of the molecule is O=C([C@H](Cc1ccccc1)C[C@H](O)CNS(=O)(=O)c1ccc([N+](=O)[O-])cc1)N1CCCCC1. The average molecular weight is 476 g/mol. The van der Waals surface area contributed by atoms with Crippen LogP contribution in [0.4, 0.5) is 5.69 Å². The zero-order valence-corrected chi connectivity index (χ0v) is 19.1. The summed E-state index contributed by atoms with van der Waals surface area (Å²) >= 11 is 0. The van der Waals surface area contributed by atoms with Crippen LogP contribution in [0.1, 0.15) is 31.2 Å². The minimum atomic E-state index is -3.96. The first-order valence-electron chi connectivity index (χ1n) is 11.0. The molecule has 0 saturated carbocycles. The number of likely N-dealkylation sites (tertiary alicyclic amines) is 1. The van der Waals surface area contributed by atoms with Crippen molar-refractivity contribution < 1.29 is 23.2 Å². The van der Waals surface area contributed by atoms with Gasteiger partial charge in [-0.15, -0.1) is 0 Å². The molecule has 0 radical (unpaired) electrons. The highest BCUT2D eigenvalue weighted by Gasteiger charge is 2.28. The number of aliphatic hydroxyl groups excluding tert-OH is 1. The van der Waals surface area contributed by atoms with Gasteiger partial charge in [0.25, 0.3) is 5.69 Å². The van der Waals surface area contributed by atoms with Crippen molar-refractivity contribution in [2.24, 2.45) is 5.92 Å². The molecule has 1 fully saturated rings. The number of amides is 1. The maximum Gasteiger partial charge on any atom is 0.269 e. The lowest BCUT2D eigenvalue weighted by Crippen LogP contribution is -2.42. The van der Waals surface area contributed by atoms with E-state index in [0.29, 0.717) is 19.5 Å². The second kappa shape index (κ2) is 11.4. The molecule has 0 spiro atoms. The quantitative estimate of drug-likeness (QED) is 0.401. The first-order chi connectivity index (χ1) is 15.8. The fraction of sp³-hybridized carbons (Fsp3) is 0.435. The Morgan fingerprint density at radius 3 is 2.30 bits per heavy atom. The summed E-state index contributed by atoms with van der Waals surface area (Å²) in [6.07, 6.45) is 2.53. The van der Waals surface area contributed by atoms with Crippen molar-refractivity contribution in [3.63, 3.8) is 0 Å². The Kier molecular flexibility index (Phi) is 8.54. The van der Waals surface area contributed by atoms with Crippen LogP contribution in [0.3, 0.4) is 0 Å². The molecule has 1 saturated heterocycles. The van der Waals surface area contributed by atoms with Gasteiger partial charge in [-0.1, -0.05) is 30.3 Å². The zero-order chi connectivity index (χ0) is 23.8. The number of nitro benzene ring substituents is 1. The molecule has 1 aliphatic heterocycles. The van der Waals surface area contributed by atoms with E-state index < -0.39 is 27.0 Å². The summed E-state index contributed by atoms with van der Waals surface area (Å²) in [5.74, 6) is -0.486. The predicted molar refractivity (Wildman–Crippen MR) is 123 cm³/mol. The zero-order valence-electron chi connectivity index (χ0n) is 18.3. The molecule has 2 aromatic rings. The Balaban J connectivity index is 1.64. The molecule has 2 aromatic carbocycles. The van der Waals surface area contributed by atoms with E-state index in [2.05, 4.69) is 4.72 Å². The number of nitrogens with zero attached hydrogens (tertiary/aromatic N) is 2. The van der Waals surface area contributed by atoms with Crippen LogP contribution in [-0.2, 0) is 21.2 Å². The molecule has 1 aliphatic rings. The Hall–Kier alpha value is -2.82. The monoisotopic (exact) mass is 475 g/mol. The largest absolute Gasteiger partial charge is 0.392 e. The lowest BCUT2D eigenvalue weighted by Gasteiger charge is -2.31. The molecule has 1 amide bonds. The van der Waals surface area contributed by atoms with Gasteiger partial charge in [0.2, 0.25) is 15.9 Å². The summed E-state index contributed by atoms with van der Waals surface area (Å²) in [5.41, 5.74) is 0.764. The molecular formula is C23H29N3O6S. The van der Waals surface area contributed by atoms with Crippen LogP contribution in [0.15, 0.2) is 59.5 Å². The number of carbonyl (C=O) groups excluding carboxylic acids is 1. The number of aliphatic hydroxyl groups is 1. The summed E-state index contributed by atoms with van der Waals surface area (Å²) < 4.78 is 27.4. The number of non-ortho nitro benzene ring substituents is 1. The minimum Gasteiger partial charge on any atom is -0.392 e. The van der Waals surface area contributed by atoms with Gasteiger partial charge in [0.05, 0.1) is 15.9 Å². The van der Waals surface area contributed by atoms with Crippen molar-refractivity contribution in [1.82, 2.24) is 9.62 Å². The number of sulfonamides is 1. The van der Waals surface area contributed by atoms with E-state index in [0.717, 1.165) is 49.1 Å². The smallest absolute Gasteiger partial charge is 0.269 e. The molecule has 2 N–H and O–H groups in total. The van der Waals surface area contributed by atoms with Crippen LogP contribution in [0, 0.1) is 16.0 Å². The van der Waals surface area contributed by atoms with Crippen molar-refractivity contribution in [3.8, 4) is 0 Å². The van der Waals surface area contributed by atoms with E-state index in [1.807, 2.05) is 35.2 Å². The van der Waals surface area contributed by atoms with E-state index in [-0.39, 0.29) is 29.5 Å². The number of hydrogen-bond donors (Lipinski definition) is 2. The first-order valence-corrected chi connectivity index (χ1v) is 12.5. The summed E-state index contributed by atoms with van der Waals surface area (Å²) in [4.78, 5) is 25.0. The molecule has 0 aliphatic carbocycles. The molecule has 0 aromatic heterocycles. The standard InChI is InChI=1S/C23H29N3O6S/c27-21(17-24-33(31,32)22-11-9-20(10-12-22)26(29)30)16-19(15-18-7-3-1-4-8-18)23(28)25-13-5-2-6-14-25/h1,3-4,7-12,19,21,24,27H,2,5-6,13-17H2/t19-,21+/m1/s1. The van der Waals surface area contributed by atoms with E-state index in [1.165, 1.54) is 0 Å². The van der Waals surface area contributed by atoms with Crippen LogP contribution in [-0.4, -0.2) is 55.0 Å². The Morgan fingerprint density at radius 2 is 1.70 bits per heavy atom. The number of benzene rings is 2. The third-order valence-corrected chi connectivity index (χ3v) is 7.20. The van der Waals surface area contributed by atoms with Gasteiger partial charge < -0.3 is 10.0 Å². The van der Waals surface area contributed by atoms with Gasteiger partial charge in [-0.05, 0) is 49.8 Å². The molecule has 10 heteroatoms. The Bertz CT molecular complexity index is 1040. The van der Waals surface area contributed by atoms with Gasteiger partial charge >= 0.3 is 0 Å². The number of nitro groups is 1. The highest BCUT2D eigenvalue weighted by atomic mass is 32.2. The van der Waals surface area contributed by atoms with Crippen LogP contribution in [0.25, 0.3) is 0 Å². The molecule has 178 valence electrons. The lowest BCUT2D eigenvalue weighted by molar-refractivity contribution is -0.384. The summed E-state index contributed by atoms with van der Waals surface area (Å²) in [6.45, 7) is 1.14. The van der Waals surface area contributed by atoms with Gasteiger partial charge in [0.15, 0.2) is 0 Å². The average Bonchev–Trinajstić information content (AvgIpc) is 2.83. The number of nitrogens with one attached hydrogen (secondary N) is 1. The maximum absolute atomic E-state index is 13.2. The summed E-state index contributed by atoms with van der Waals surface area (Å²) in [7, 11) is -3.96. The normalized spacial score (nSPS) is 16.2. The second-order valence-electron chi connectivity index (χ2n) is 8.27. The molecule has 9 nitrogen and oxygen atoms in total. The van der Waals surface area contributed by atoms with Gasteiger partial charge in [-0.2, -0.15) is 0 Å². The van der Waals surface area contributed by atoms with Crippen molar-refractivity contribution in [2.45, 2.75) is 43.1 Å². The first kappa shape index (κ1) is 24.8. The van der Waals surface area contributed by atoms with E-state index >= 15 is 0 Å². The van der Waals surface area contributed by atoms with Crippen molar-refractivity contribution >= 4 is 21.6 Å². The van der Waals surface area contributed by atoms with Crippen LogP contribution < -0.4 is 4.72 Å². The van der Waals surface area contributed by atoms with Crippen LogP contribution >= 0.6 is 0 Å².